The van der Waals surface area contributed by atoms with Gasteiger partial charge in [0.15, 0.2) is 0 Å². The molecule has 11 heavy (non-hydrogen) atoms. The number of anilines is 1. The van der Waals surface area contributed by atoms with Gasteiger partial charge in [-0.3, -0.25) is 9.59 Å². The van der Waals surface area contributed by atoms with Crippen LogP contribution >= 0.6 is 0 Å². The maximum atomic E-state index is 10.6. The Morgan fingerprint density at radius 1 is 1.45 bits per heavy atom. The van der Waals surface area contributed by atoms with Crippen molar-refractivity contribution in [1.82, 2.24) is 0 Å². The Bertz CT molecular complexity index is 299. The van der Waals surface area contributed by atoms with Gasteiger partial charge in [0.2, 0.25) is 10.9 Å². The second-order valence-corrected chi connectivity index (χ2v) is 2.32. The standard InChI is InChI=1S/C7H10N2O2/c8-2-1-3-9-5-4-6(10)7(5)11/h4,9H,1-3,8H2. The van der Waals surface area contributed by atoms with Crippen molar-refractivity contribution in [3.05, 3.63) is 26.5 Å². The molecular formula is C7H10N2O2. The summed E-state index contributed by atoms with van der Waals surface area (Å²) >= 11 is 0. The van der Waals surface area contributed by atoms with Gasteiger partial charge < -0.3 is 11.1 Å². The molecule has 4 heteroatoms. The monoisotopic (exact) mass is 154 g/mol. The van der Waals surface area contributed by atoms with Gasteiger partial charge >= 0.3 is 0 Å². The van der Waals surface area contributed by atoms with Crippen LogP contribution in [0.2, 0.25) is 0 Å². The molecule has 0 aliphatic rings. The fraction of sp³-hybridized carbons (Fsp3) is 0.429. The van der Waals surface area contributed by atoms with E-state index >= 15 is 0 Å². The van der Waals surface area contributed by atoms with Gasteiger partial charge in [-0.15, -0.1) is 0 Å². The fourth-order valence-electron chi connectivity index (χ4n) is 0.774. The Morgan fingerprint density at radius 3 is 2.64 bits per heavy atom. The molecule has 0 atom stereocenters. The summed E-state index contributed by atoms with van der Waals surface area (Å²) in [6, 6.07) is 1.30. The number of nitrogens with one attached hydrogen (secondary N) is 1. The van der Waals surface area contributed by atoms with E-state index in [4.69, 9.17) is 5.73 Å². The maximum absolute atomic E-state index is 10.6. The van der Waals surface area contributed by atoms with E-state index in [1.54, 1.807) is 0 Å². The highest BCUT2D eigenvalue weighted by Gasteiger charge is 2.06. The first-order valence-electron chi connectivity index (χ1n) is 3.50. The maximum Gasteiger partial charge on any atom is 0.248 e. The zero-order valence-corrected chi connectivity index (χ0v) is 6.09. The Kier molecular flexibility index (Phi) is 2.38. The summed E-state index contributed by atoms with van der Waals surface area (Å²) < 4.78 is 0. The van der Waals surface area contributed by atoms with Crippen molar-refractivity contribution in [2.24, 2.45) is 5.73 Å². The quantitative estimate of drug-likeness (QED) is 0.433. The van der Waals surface area contributed by atoms with Crippen molar-refractivity contribution >= 4 is 5.69 Å². The largest absolute Gasteiger partial charge is 0.382 e. The second-order valence-electron chi connectivity index (χ2n) is 2.32. The zero-order chi connectivity index (χ0) is 8.27. The van der Waals surface area contributed by atoms with Gasteiger partial charge in [-0.1, -0.05) is 0 Å². The molecule has 0 aliphatic heterocycles. The summed E-state index contributed by atoms with van der Waals surface area (Å²) in [6.45, 7) is 1.24. The van der Waals surface area contributed by atoms with Crippen LogP contribution in [-0.4, -0.2) is 13.1 Å². The molecule has 0 aliphatic carbocycles. The molecule has 0 aromatic heterocycles. The lowest BCUT2D eigenvalue weighted by atomic mass is 10.2. The van der Waals surface area contributed by atoms with Crippen LogP contribution in [0, 0.1) is 0 Å². The Labute approximate surface area is 63.7 Å². The number of nitrogens with two attached hydrogens (primary N) is 1. The van der Waals surface area contributed by atoms with Gasteiger partial charge in [-0.05, 0) is 13.0 Å². The molecule has 0 amide bonds. The van der Waals surface area contributed by atoms with Crippen LogP contribution in [0.25, 0.3) is 0 Å². The topological polar surface area (TPSA) is 72.2 Å². The van der Waals surface area contributed by atoms with Gasteiger partial charge in [0.1, 0.15) is 0 Å². The van der Waals surface area contributed by atoms with Crippen LogP contribution < -0.4 is 21.9 Å². The molecular weight excluding hydrogens is 144 g/mol. The van der Waals surface area contributed by atoms with E-state index in [-0.39, 0.29) is 0 Å². The van der Waals surface area contributed by atoms with Crippen molar-refractivity contribution in [3.63, 3.8) is 0 Å². The molecule has 0 saturated carbocycles. The Morgan fingerprint density at radius 2 is 2.18 bits per heavy atom. The number of hydrogen-bond donors (Lipinski definition) is 2. The van der Waals surface area contributed by atoms with E-state index in [1.165, 1.54) is 6.07 Å². The van der Waals surface area contributed by atoms with Crippen molar-refractivity contribution in [2.75, 3.05) is 18.4 Å². The zero-order valence-electron chi connectivity index (χ0n) is 6.09. The van der Waals surface area contributed by atoms with E-state index in [1.807, 2.05) is 0 Å². The Balaban J connectivity index is 2.37. The summed E-state index contributed by atoms with van der Waals surface area (Å²) in [5.41, 5.74) is 4.81. The summed E-state index contributed by atoms with van der Waals surface area (Å²) in [5.74, 6) is 0. The highest BCUT2D eigenvalue weighted by molar-refractivity contribution is 5.46. The normalized spacial score (nSPS) is 10.3. The minimum Gasteiger partial charge on any atom is -0.382 e. The van der Waals surface area contributed by atoms with Crippen LogP contribution in [0.3, 0.4) is 0 Å². The molecule has 0 fully saturated rings. The molecule has 4 nitrogen and oxygen atoms in total. The molecule has 0 bridgehead atoms. The fourth-order valence-corrected chi connectivity index (χ4v) is 0.774. The van der Waals surface area contributed by atoms with E-state index in [2.05, 4.69) is 5.32 Å². The minimum absolute atomic E-state index is 0.415. The van der Waals surface area contributed by atoms with Crippen LogP contribution in [0.4, 0.5) is 5.69 Å². The first kappa shape index (κ1) is 7.94. The van der Waals surface area contributed by atoms with E-state index < -0.39 is 10.9 Å². The van der Waals surface area contributed by atoms with E-state index in [9.17, 15) is 9.59 Å². The SMILES string of the molecule is NCCCNc1cc(=O)c1=O. The number of rotatable bonds is 4. The summed E-state index contributed by atoms with van der Waals surface area (Å²) in [6.07, 6.45) is 0.804. The van der Waals surface area contributed by atoms with Gasteiger partial charge in [-0.25, -0.2) is 0 Å². The van der Waals surface area contributed by atoms with Crippen LogP contribution in [0.1, 0.15) is 6.42 Å². The molecule has 1 rings (SSSR count). The van der Waals surface area contributed by atoms with Gasteiger partial charge in [0.05, 0.1) is 5.69 Å². The van der Waals surface area contributed by atoms with Crippen LogP contribution in [0.5, 0.6) is 0 Å². The Hall–Kier alpha value is -1.16. The molecule has 60 valence electrons. The average molecular weight is 154 g/mol. The molecule has 0 unspecified atom stereocenters. The number of hydrogen-bond acceptors (Lipinski definition) is 4. The first-order chi connectivity index (χ1) is 5.25. The summed E-state index contributed by atoms with van der Waals surface area (Å²) in [7, 11) is 0. The third kappa shape index (κ3) is 1.65. The second kappa shape index (κ2) is 3.30. The van der Waals surface area contributed by atoms with Crippen LogP contribution in [0.15, 0.2) is 15.7 Å². The predicted octanol–water partition coefficient (Wildman–Crippen LogP) is -0.957. The average Bonchev–Trinajstić information content (AvgIpc) is 2.03. The minimum atomic E-state index is -0.416. The smallest absolute Gasteiger partial charge is 0.248 e. The predicted molar refractivity (Wildman–Crippen MR) is 43.5 cm³/mol. The molecule has 0 saturated heterocycles. The van der Waals surface area contributed by atoms with E-state index in [0.29, 0.717) is 18.8 Å². The molecule has 1 aromatic rings. The molecule has 0 heterocycles. The molecule has 3 N–H and O–H groups in total. The third-order valence-electron chi connectivity index (χ3n) is 1.44. The van der Waals surface area contributed by atoms with Crippen LogP contribution in [-0.2, 0) is 0 Å². The third-order valence-corrected chi connectivity index (χ3v) is 1.44. The van der Waals surface area contributed by atoms with Crippen molar-refractivity contribution in [1.29, 1.82) is 0 Å². The molecule has 1 aromatic carbocycles. The molecule has 0 spiro atoms. The summed E-state index contributed by atoms with van der Waals surface area (Å²) in [5, 5.41) is 2.81. The van der Waals surface area contributed by atoms with Crippen molar-refractivity contribution in [2.45, 2.75) is 6.42 Å². The lowest BCUT2D eigenvalue weighted by Crippen LogP contribution is -2.32. The van der Waals surface area contributed by atoms with Gasteiger partial charge in [0, 0.05) is 12.6 Å². The van der Waals surface area contributed by atoms with Gasteiger partial charge in [0.25, 0.3) is 0 Å². The highest BCUT2D eigenvalue weighted by atomic mass is 16.2. The highest BCUT2D eigenvalue weighted by Crippen LogP contribution is 1.93. The molecule has 0 radical (unpaired) electrons. The lowest BCUT2D eigenvalue weighted by molar-refractivity contribution is 0.872. The lowest BCUT2D eigenvalue weighted by Gasteiger charge is -2.03. The van der Waals surface area contributed by atoms with E-state index in [0.717, 1.165) is 6.42 Å². The first-order valence-corrected chi connectivity index (χ1v) is 3.50. The van der Waals surface area contributed by atoms with Crippen molar-refractivity contribution in [3.8, 4) is 0 Å². The van der Waals surface area contributed by atoms with Crippen molar-refractivity contribution < 1.29 is 0 Å². The van der Waals surface area contributed by atoms with Gasteiger partial charge in [-0.2, -0.15) is 0 Å². The summed E-state index contributed by atoms with van der Waals surface area (Å²) in [4.78, 5) is 21.0.